The fourth-order valence-corrected chi connectivity index (χ4v) is 2.77. The van der Waals surface area contributed by atoms with Gasteiger partial charge in [0.05, 0.1) is 11.9 Å². The zero-order valence-electron chi connectivity index (χ0n) is 11.5. The zero-order valence-corrected chi connectivity index (χ0v) is 11.5. The summed E-state index contributed by atoms with van der Waals surface area (Å²) in [7, 11) is 2.03. The van der Waals surface area contributed by atoms with E-state index in [1.807, 2.05) is 32.3 Å². The molecule has 102 valence electrons. The van der Waals surface area contributed by atoms with Gasteiger partial charge in [0.2, 0.25) is 0 Å². The second-order valence-electron chi connectivity index (χ2n) is 5.23. The Morgan fingerprint density at radius 1 is 1.30 bits per heavy atom. The third-order valence-corrected chi connectivity index (χ3v) is 3.88. The largest absolute Gasteiger partial charge is 0.481 e. The molecular formula is C16H16N2O2. The first-order valence-corrected chi connectivity index (χ1v) is 6.62. The molecule has 4 heteroatoms. The van der Waals surface area contributed by atoms with Gasteiger partial charge in [0, 0.05) is 35.7 Å². The number of aliphatic carboxylic acids is 1. The van der Waals surface area contributed by atoms with Gasteiger partial charge in [-0.1, -0.05) is 13.0 Å². The van der Waals surface area contributed by atoms with Crippen LogP contribution in [0.5, 0.6) is 0 Å². The second-order valence-corrected chi connectivity index (χ2v) is 5.23. The lowest BCUT2D eigenvalue weighted by Gasteiger charge is -2.09. The van der Waals surface area contributed by atoms with E-state index in [0.717, 1.165) is 27.4 Å². The summed E-state index contributed by atoms with van der Waals surface area (Å²) >= 11 is 0. The van der Waals surface area contributed by atoms with Crippen LogP contribution in [0.25, 0.3) is 21.8 Å². The molecule has 0 saturated heterocycles. The SMILES string of the molecule is CC(CC(=O)O)c1ccc2c(c1)c1cnccc1n2C. The predicted octanol–water partition coefficient (Wildman–Crippen LogP) is 3.30. The lowest BCUT2D eigenvalue weighted by molar-refractivity contribution is -0.137. The Kier molecular flexibility index (Phi) is 2.93. The van der Waals surface area contributed by atoms with Gasteiger partial charge < -0.3 is 9.67 Å². The van der Waals surface area contributed by atoms with Crippen LogP contribution >= 0.6 is 0 Å². The summed E-state index contributed by atoms with van der Waals surface area (Å²) in [6.45, 7) is 1.94. The van der Waals surface area contributed by atoms with E-state index < -0.39 is 5.97 Å². The Hall–Kier alpha value is -2.36. The molecule has 0 bridgehead atoms. The number of pyridine rings is 1. The Labute approximate surface area is 116 Å². The normalized spacial score (nSPS) is 12.9. The molecule has 4 nitrogen and oxygen atoms in total. The molecule has 1 unspecified atom stereocenters. The minimum absolute atomic E-state index is 0.00354. The maximum absolute atomic E-state index is 10.8. The van der Waals surface area contributed by atoms with Crippen molar-refractivity contribution in [3.05, 3.63) is 42.2 Å². The molecule has 0 aliphatic rings. The second kappa shape index (κ2) is 4.63. The molecule has 1 aromatic carbocycles. The van der Waals surface area contributed by atoms with Gasteiger partial charge in [0.1, 0.15) is 0 Å². The van der Waals surface area contributed by atoms with Gasteiger partial charge in [0.25, 0.3) is 0 Å². The molecule has 0 fully saturated rings. The summed E-state index contributed by atoms with van der Waals surface area (Å²) in [5.41, 5.74) is 3.33. The molecule has 0 radical (unpaired) electrons. The van der Waals surface area contributed by atoms with Crippen molar-refractivity contribution in [2.45, 2.75) is 19.3 Å². The highest BCUT2D eigenvalue weighted by Crippen LogP contribution is 2.30. The number of fused-ring (bicyclic) bond motifs is 3. The molecule has 1 atom stereocenters. The standard InChI is InChI=1S/C16H16N2O2/c1-10(7-16(19)20)11-3-4-14-12(8-11)13-9-17-6-5-15(13)18(14)2/h3-6,8-10H,7H2,1-2H3,(H,19,20). The smallest absolute Gasteiger partial charge is 0.303 e. The van der Waals surface area contributed by atoms with E-state index in [4.69, 9.17) is 5.11 Å². The summed E-state index contributed by atoms with van der Waals surface area (Å²) in [5, 5.41) is 11.2. The predicted molar refractivity (Wildman–Crippen MR) is 78.9 cm³/mol. The monoisotopic (exact) mass is 268 g/mol. The van der Waals surface area contributed by atoms with Gasteiger partial charge in [-0.25, -0.2) is 0 Å². The lowest BCUT2D eigenvalue weighted by atomic mass is 9.96. The van der Waals surface area contributed by atoms with Crippen molar-refractivity contribution in [1.82, 2.24) is 9.55 Å². The lowest BCUT2D eigenvalue weighted by Crippen LogP contribution is -2.02. The Balaban J connectivity index is 2.20. The molecule has 1 N–H and O–H groups in total. The number of carboxylic acid groups (broad SMARTS) is 1. The van der Waals surface area contributed by atoms with Crippen LogP contribution < -0.4 is 0 Å². The van der Waals surface area contributed by atoms with Crippen LogP contribution in [0.3, 0.4) is 0 Å². The molecule has 0 amide bonds. The van der Waals surface area contributed by atoms with E-state index >= 15 is 0 Å². The summed E-state index contributed by atoms with van der Waals surface area (Å²) in [4.78, 5) is 15.0. The van der Waals surface area contributed by atoms with Gasteiger partial charge in [-0.15, -0.1) is 0 Å². The molecule has 3 aromatic rings. The van der Waals surface area contributed by atoms with E-state index in [9.17, 15) is 4.79 Å². The molecule has 2 heterocycles. The molecule has 3 rings (SSSR count). The number of carboxylic acids is 1. The van der Waals surface area contributed by atoms with Crippen molar-refractivity contribution in [2.75, 3.05) is 0 Å². The Morgan fingerprint density at radius 2 is 2.05 bits per heavy atom. The van der Waals surface area contributed by atoms with Crippen molar-refractivity contribution in [1.29, 1.82) is 0 Å². The highest BCUT2D eigenvalue weighted by molar-refractivity contribution is 6.07. The average molecular weight is 268 g/mol. The first-order valence-electron chi connectivity index (χ1n) is 6.62. The zero-order chi connectivity index (χ0) is 14.3. The molecule has 2 aromatic heterocycles. The Bertz CT molecular complexity index is 805. The Morgan fingerprint density at radius 3 is 2.80 bits per heavy atom. The summed E-state index contributed by atoms with van der Waals surface area (Å²) in [5.74, 6) is -0.763. The number of aromatic nitrogens is 2. The van der Waals surface area contributed by atoms with E-state index in [2.05, 4.69) is 21.7 Å². The minimum Gasteiger partial charge on any atom is -0.481 e. The number of rotatable bonds is 3. The number of nitrogens with zero attached hydrogens (tertiary/aromatic N) is 2. The first-order chi connectivity index (χ1) is 9.58. The van der Waals surface area contributed by atoms with E-state index in [0.29, 0.717) is 0 Å². The summed E-state index contributed by atoms with van der Waals surface area (Å²) in [6.07, 6.45) is 3.80. The highest BCUT2D eigenvalue weighted by Gasteiger charge is 2.13. The third-order valence-electron chi connectivity index (χ3n) is 3.88. The van der Waals surface area contributed by atoms with E-state index in [1.54, 1.807) is 6.20 Å². The topological polar surface area (TPSA) is 55.1 Å². The quantitative estimate of drug-likeness (QED) is 0.793. The number of benzene rings is 1. The summed E-state index contributed by atoms with van der Waals surface area (Å²) < 4.78 is 2.14. The highest BCUT2D eigenvalue weighted by atomic mass is 16.4. The van der Waals surface area contributed by atoms with Gasteiger partial charge in [-0.3, -0.25) is 9.78 Å². The number of carbonyl (C=O) groups is 1. The van der Waals surface area contributed by atoms with Crippen molar-refractivity contribution in [3.8, 4) is 0 Å². The fraction of sp³-hybridized carbons (Fsp3) is 0.250. The van der Waals surface area contributed by atoms with Crippen molar-refractivity contribution in [3.63, 3.8) is 0 Å². The van der Waals surface area contributed by atoms with Crippen molar-refractivity contribution in [2.24, 2.45) is 7.05 Å². The van der Waals surface area contributed by atoms with E-state index in [1.165, 1.54) is 0 Å². The van der Waals surface area contributed by atoms with Crippen molar-refractivity contribution < 1.29 is 9.90 Å². The van der Waals surface area contributed by atoms with Gasteiger partial charge >= 0.3 is 5.97 Å². The van der Waals surface area contributed by atoms with Gasteiger partial charge in [-0.2, -0.15) is 0 Å². The molecule has 0 saturated carbocycles. The first kappa shape index (κ1) is 12.7. The maximum atomic E-state index is 10.8. The van der Waals surface area contributed by atoms with Crippen LogP contribution in [-0.4, -0.2) is 20.6 Å². The van der Waals surface area contributed by atoms with Crippen molar-refractivity contribution >= 4 is 27.8 Å². The third kappa shape index (κ3) is 1.93. The molecule has 20 heavy (non-hydrogen) atoms. The summed E-state index contributed by atoms with van der Waals surface area (Å²) in [6, 6.07) is 8.16. The number of hydrogen-bond donors (Lipinski definition) is 1. The van der Waals surface area contributed by atoms with Crippen LogP contribution in [0.4, 0.5) is 0 Å². The average Bonchev–Trinajstić information content (AvgIpc) is 2.72. The maximum Gasteiger partial charge on any atom is 0.303 e. The fourth-order valence-electron chi connectivity index (χ4n) is 2.77. The van der Waals surface area contributed by atoms with Gasteiger partial charge in [-0.05, 0) is 29.7 Å². The van der Waals surface area contributed by atoms with Gasteiger partial charge in [0.15, 0.2) is 0 Å². The number of hydrogen-bond acceptors (Lipinski definition) is 2. The van der Waals surface area contributed by atoms with Crippen LogP contribution in [0, 0.1) is 0 Å². The van der Waals surface area contributed by atoms with Crippen LogP contribution in [-0.2, 0) is 11.8 Å². The van der Waals surface area contributed by atoms with E-state index in [-0.39, 0.29) is 12.3 Å². The molecule has 0 spiro atoms. The molecular weight excluding hydrogens is 252 g/mol. The minimum atomic E-state index is -0.766. The molecule has 0 aliphatic carbocycles. The van der Waals surface area contributed by atoms with Crippen LogP contribution in [0.2, 0.25) is 0 Å². The molecule has 0 aliphatic heterocycles. The van der Waals surface area contributed by atoms with Crippen LogP contribution in [0.1, 0.15) is 24.8 Å². The van der Waals surface area contributed by atoms with Crippen LogP contribution in [0.15, 0.2) is 36.7 Å². The number of aryl methyl sites for hydroxylation is 1.